The van der Waals surface area contributed by atoms with Crippen molar-refractivity contribution in [3.8, 4) is 0 Å². The standard InChI is InChI=1S/C16H13F3N4O3/c1-9(14-20-11-5-3-2-4-10(11)15(25)21-14)26-13(24)8-23-7-6-12(22-23)16(17,18)19/h2-7,9H,8H2,1H3,(H,20,21,25)/t9-/m0/s1. The largest absolute Gasteiger partial charge is 0.453 e. The van der Waals surface area contributed by atoms with E-state index in [1.165, 1.54) is 6.92 Å². The lowest BCUT2D eigenvalue weighted by molar-refractivity contribution is -0.150. The number of alkyl halides is 3. The number of aromatic amines is 1. The Morgan fingerprint density at radius 1 is 1.31 bits per heavy atom. The van der Waals surface area contributed by atoms with E-state index >= 15 is 0 Å². The number of nitrogens with zero attached hydrogens (tertiary/aromatic N) is 3. The predicted octanol–water partition coefficient (Wildman–Crippen LogP) is 2.44. The molecule has 0 saturated carbocycles. The Hall–Kier alpha value is -3.17. The number of rotatable bonds is 4. The predicted molar refractivity (Wildman–Crippen MR) is 84.1 cm³/mol. The maximum Gasteiger partial charge on any atom is 0.435 e. The van der Waals surface area contributed by atoms with Gasteiger partial charge in [-0.05, 0) is 25.1 Å². The molecular weight excluding hydrogens is 353 g/mol. The fourth-order valence-corrected chi connectivity index (χ4v) is 2.32. The number of carbonyl (C=O) groups is 1. The van der Waals surface area contributed by atoms with Crippen LogP contribution in [0.3, 0.4) is 0 Å². The van der Waals surface area contributed by atoms with Gasteiger partial charge in [-0.1, -0.05) is 12.1 Å². The van der Waals surface area contributed by atoms with Crippen LogP contribution in [-0.4, -0.2) is 25.7 Å². The van der Waals surface area contributed by atoms with Gasteiger partial charge in [0.05, 0.1) is 10.9 Å². The molecule has 0 unspecified atom stereocenters. The lowest BCUT2D eigenvalue weighted by atomic mass is 10.2. The maximum atomic E-state index is 12.5. The van der Waals surface area contributed by atoms with Gasteiger partial charge in [0, 0.05) is 6.20 Å². The first kappa shape index (κ1) is 17.6. The second kappa shape index (κ2) is 6.62. The number of ether oxygens (including phenoxy) is 1. The topological polar surface area (TPSA) is 89.9 Å². The summed E-state index contributed by atoms with van der Waals surface area (Å²) < 4.78 is 43.5. The van der Waals surface area contributed by atoms with Crippen molar-refractivity contribution in [2.75, 3.05) is 0 Å². The van der Waals surface area contributed by atoms with Gasteiger partial charge in [0.15, 0.2) is 17.6 Å². The number of H-pyrrole nitrogens is 1. The number of hydrogen-bond donors (Lipinski definition) is 1. The summed E-state index contributed by atoms with van der Waals surface area (Å²) in [6.45, 7) is 0.993. The molecule has 2 aromatic heterocycles. The van der Waals surface area contributed by atoms with Crippen LogP contribution in [0.4, 0.5) is 13.2 Å². The fourth-order valence-electron chi connectivity index (χ4n) is 2.32. The first-order valence-corrected chi connectivity index (χ1v) is 7.53. The molecule has 1 atom stereocenters. The van der Waals surface area contributed by atoms with Crippen LogP contribution < -0.4 is 5.56 Å². The molecule has 0 bridgehead atoms. The summed E-state index contributed by atoms with van der Waals surface area (Å²) in [5.74, 6) is -0.677. The lowest BCUT2D eigenvalue weighted by Crippen LogP contribution is -2.20. The molecule has 136 valence electrons. The van der Waals surface area contributed by atoms with E-state index in [0.717, 1.165) is 16.9 Å². The highest BCUT2D eigenvalue weighted by atomic mass is 19.4. The van der Waals surface area contributed by atoms with Crippen LogP contribution in [0.2, 0.25) is 0 Å². The van der Waals surface area contributed by atoms with Crippen LogP contribution in [-0.2, 0) is 22.3 Å². The van der Waals surface area contributed by atoms with Crippen molar-refractivity contribution in [1.29, 1.82) is 0 Å². The van der Waals surface area contributed by atoms with Crippen molar-refractivity contribution < 1.29 is 22.7 Å². The Morgan fingerprint density at radius 3 is 2.73 bits per heavy atom. The molecule has 26 heavy (non-hydrogen) atoms. The van der Waals surface area contributed by atoms with Crippen molar-refractivity contribution in [2.24, 2.45) is 0 Å². The number of carbonyl (C=O) groups excluding carboxylic acids is 1. The highest BCUT2D eigenvalue weighted by molar-refractivity contribution is 5.77. The minimum atomic E-state index is -4.59. The molecule has 0 saturated heterocycles. The molecule has 0 radical (unpaired) electrons. The highest BCUT2D eigenvalue weighted by Gasteiger charge is 2.33. The quantitative estimate of drug-likeness (QED) is 0.717. The number of para-hydroxylation sites is 1. The van der Waals surface area contributed by atoms with Gasteiger partial charge in [-0.25, -0.2) is 4.98 Å². The van der Waals surface area contributed by atoms with E-state index in [2.05, 4.69) is 15.1 Å². The number of esters is 1. The summed E-state index contributed by atoms with van der Waals surface area (Å²) in [5, 5.41) is 3.67. The zero-order chi connectivity index (χ0) is 18.9. The van der Waals surface area contributed by atoms with Crippen molar-refractivity contribution in [2.45, 2.75) is 25.7 Å². The number of hydrogen-bond acceptors (Lipinski definition) is 5. The molecule has 10 heteroatoms. The molecule has 3 aromatic rings. The monoisotopic (exact) mass is 366 g/mol. The summed E-state index contributed by atoms with van der Waals surface area (Å²) >= 11 is 0. The Kier molecular flexibility index (Phi) is 4.49. The Morgan fingerprint density at radius 2 is 2.04 bits per heavy atom. The van der Waals surface area contributed by atoms with Gasteiger partial charge in [0.25, 0.3) is 5.56 Å². The van der Waals surface area contributed by atoms with Gasteiger partial charge < -0.3 is 9.72 Å². The van der Waals surface area contributed by atoms with Crippen LogP contribution >= 0.6 is 0 Å². The van der Waals surface area contributed by atoms with Gasteiger partial charge >= 0.3 is 12.1 Å². The van der Waals surface area contributed by atoms with E-state index in [-0.39, 0.29) is 11.4 Å². The summed E-state index contributed by atoms with van der Waals surface area (Å²) in [6.07, 6.45) is -4.44. The molecule has 0 aliphatic carbocycles. The fraction of sp³-hybridized carbons (Fsp3) is 0.250. The van der Waals surface area contributed by atoms with Crippen LogP contribution in [0.15, 0.2) is 41.3 Å². The molecule has 2 heterocycles. The minimum absolute atomic E-state index is 0.137. The van der Waals surface area contributed by atoms with Crippen molar-refractivity contribution >= 4 is 16.9 Å². The summed E-state index contributed by atoms with van der Waals surface area (Å²) in [7, 11) is 0. The Balaban J connectivity index is 1.71. The highest BCUT2D eigenvalue weighted by Crippen LogP contribution is 2.27. The van der Waals surface area contributed by atoms with E-state index in [9.17, 15) is 22.8 Å². The van der Waals surface area contributed by atoms with E-state index in [4.69, 9.17) is 4.74 Å². The smallest absolute Gasteiger partial charge is 0.435 e. The van der Waals surface area contributed by atoms with E-state index in [1.807, 2.05) is 0 Å². The van der Waals surface area contributed by atoms with Gasteiger partial charge in [0.2, 0.25) is 0 Å². The van der Waals surface area contributed by atoms with E-state index in [1.54, 1.807) is 24.3 Å². The number of fused-ring (bicyclic) bond motifs is 1. The van der Waals surface area contributed by atoms with Crippen LogP contribution in [0.5, 0.6) is 0 Å². The third-order valence-electron chi connectivity index (χ3n) is 3.55. The lowest BCUT2D eigenvalue weighted by Gasteiger charge is -2.13. The average molecular weight is 366 g/mol. The third kappa shape index (κ3) is 3.73. The third-order valence-corrected chi connectivity index (χ3v) is 3.55. The number of halogens is 3. The summed E-state index contributed by atoms with van der Waals surface area (Å²) in [4.78, 5) is 30.7. The van der Waals surface area contributed by atoms with Gasteiger partial charge in [-0.2, -0.15) is 18.3 Å². The molecule has 0 spiro atoms. The first-order valence-electron chi connectivity index (χ1n) is 7.53. The second-order valence-electron chi connectivity index (χ2n) is 5.50. The SMILES string of the molecule is C[C@H](OC(=O)Cn1ccc(C(F)(F)F)n1)c1nc2ccccc2c(=O)[nH]1. The van der Waals surface area contributed by atoms with Gasteiger partial charge in [0.1, 0.15) is 6.54 Å². The molecule has 0 aliphatic heterocycles. The summed E-state index contributed by atoms with van der Waals surface area (Å²) in [5.41, 5.74) is -1.04. The minimum Gasteiger partial charge on any atom is -0.453 e. The van der Waals surface area contributed by atoms with Crippen molar-refractivity contribution in [3.63, 3.8) is 0 Å². The zero-order valence-corrected chi connectivity index (χ0v) is 13.4. The van der Waals surface area contributed by atoms with Gasteiger partial charge in [-0.3, -0.25) is 14.3 Å². The Labute approximate surface area is 144 Å². The van der Waals surface area contributed by atoms with Crippen LogP contribution in [0, 0.1) is 0 Å². The zero-order valence-electron chi connectivity index (χ0n) is 13.4. The van der Waals surface area contributed by atoms with E-state index in [0.29, 0.717) is 10.9 Å². The number of nitrogens with one attached hydrogen (secondary N) is 1. The summed E-state index contributed by atoms with van der Waals surface area (Å²) in [6, 6.07) is 7.43. The molecule has 0 aliphatic rings. The van der Waals surface area contributed by atoms with Gasteiger partial charge in [-0.15, -0.1) is 0 Å². The average Bonchev–Trinajstić information content (AvgIpc) is 3.03. The molecule has 1 N–H and O–H groups in total. The normalized spacial score (nSPS) is 12.9. The van der Waals surface area contributed by atoms with Crippen LogP contribution in [0.1, 0.15) is 24.5 Å². The maximum absolute atomic E-state index is 12.5. The molecule has 0 amide bonds. The number of benzene rings is 1. The Bertz CT molecular complexity index is 1010. The van der Waals surface area contributed by atoms with Crippen molar-refractivity contribution in [1.82, 2.24) is 19.7 Å². The first-order chi connectivity index (χ1) is 12.2. The second-order valence-corrected chi connectivity index (χ2v) is 5.50. The molecule has 1 aromatic carbocycles. The van der Waals surface area contributed by atoms with E-state index < -0.39 is 30.5 Å². The molecule has 3 rings (SSSR count). The molecule has 7 nitrogen and oxygen atoms in total. The molecule has 0 fully saturated rings. The number of aromatic nitrogens is 4. The molecular formula is C16H13F3N4O3. The van der Waals surface area contributed by atoms with Crippen LogP contribution in [0.25, 0.3) is 10.9 Å². The van der Waals surface area contributed by atoms with Crippen molar-refractivity contribution in [3.05, 3.63) is 58.4 Å².